The van der Waals surface area contributed by atoms with Crippen LogP contribution in [0.5, 0.6) is 0 Å². The van der Waals surface area contributed by atoms with Crippen LogP contribution in [-0.4, -0.2) is 22.9 Å². The molecule has 1 aliphatic heterocycles. The van der Waals surface area contributed by atoms with E-state index in [4.69, 9.17) is 11.6 Å². The fourth-order valence-corrected chi connectivity index (χ4v) is 2.61. The van der Waals surface area contributed by atoms with E-state index in [0.29, 0.717) is 19.0 Å². The van der Waals surface area contributed by atoms with E-state index >= 15 is 0 Å². The molecule has 8 heteroatoms. The Morgan fingerprint density at radius 2 is 1.60 bits per heavy atom. The number of rotatable bonds is 3. The van der Waals surface area contributed by atoms with E-state index in [1.54, 1.807) is 4.90 Å². The summed E-state index contributed by atoms with van der Waals surface area (Å²) in [5.41, 5.74) is -0.547. The standard InChI is InChI=1S/C12H14ClN3O4/c1-8-2-4-14(5-3-8)12-10(15(17)18)6-9(13)7-11(12)16(19)20/h6-8H,2-5H2,1H3. The molecule has 1 aromatic carbocycles. The van der Waals surface area contributed by atoms with Crippen molar-refractivity contribution < 1.29 is 9.85 Å². The molecule has 0 atom stereocenters. The van der Waals surface area contributed by atoms with Gasteiger partial charge in [-0.15, -0.1) is 0 Å². The topological polar surface area (TPSA) is 89.5 Å². The molecule has 7 nitrogen and oxygen atoms in total. The van der Waals surface area contributed by atoms with Crippen molar-refractivity contribution in [3.05, 3.63) is 37.4 Å². The summed E-state index contributed by atoms with van der Waals surface area (Å²) >= 11 is 5.74. The Hall–Kier alpha value is -1.89. The number of anilines is 1. The van der Waals surface area contributed by atoms with E-state index in [1.807, 2.05) is 0 Å². The van der Waals surface area contributed by atoms with E-state index in [2.05, 4.69) is 6.92 Å². The molecule has 0 radical (unpaired) electrons. The predicted molar refractivity (Wildman–Crippen MR) is 75.4 cm³/mol. The van der Waals surface area contributed by atoms with Gasteiger partial charge in [0.1, 0.15) is 0 Å². The molecule has 0 aliphatic carbocycles. The zero-order valence-electron chi connectivity index (χ0n) is 10.9. The first-order valence-electron chi connectivity index (χ1n) is 6.27. The smallest absolute Gasteiger partial charge is 0.301 e. The second-order valence-corrected chi connectivity index (χ2v) is 5.41. The van der Waals surface area contributed by atoms with Crippen LogP contribution in [0.15, 0.2) is 12.1 Å². The lowest BCUT2D eigenvalue weighted by Crippen LogP contribution is -2.33. The number of hydrogen-bond acceptors (Lipinski definition) is 5. The lowest BCUT2D eigenvalue weighted by molar-refractivity contribution is -0.392. The van der Waals surface area contributed by atoms with E-state index in [-0.39, 0.29) is 22.1 Å². The Balaban J connectivity index is 2.53. The largest absolute Gasteiger partial charge is 0.360 e. The number of benzene rings is 1. The molecule has 20 heavy (non-hydrogen) atoms. The normalized spacial score (nSPS) is 16.2. The summed E-state index contributed by atoms with van der Waals surface area (Å²) in [4.78, 5) is 22.8. The molecule has 1 saturated heterocycles. The molecule has 1 heterocycles. The highest BCUT2D eigenvalue weighted by Crippen LogP contribution is 2.41. The third kappa shape index (κ3) is 2.82. The maximum atomic E-state index is 11.2. The van der Waals surface area contributed by atoms with Gasteiger partial charge in [0.2, 0.25) is 0 Å². The minimum atomic E-state index is -0.619. The van der Waals surface area contributed by atoms with Gasteiger partial charge in [0, 0.05) is 25.2 Å². The first kappa shape index (κ1) is 14.5. The Morgan fingerprint density at radius 1 is 1.15 bits per heavy atom. The van der Waals surface area contributed by atoms with Gasteiger partial charge in [-0.1, -0.05) is 18.5 Å². The van der Waals surface area contributed by atoms with E-state index < -0.39 is 9.85 Å². The van der Waals surface area contributed by atoms with E-state index in [9.17, 15) is 20.2 Å². The Kier molecular flexibility index (Phi) is 4.08. The van der Waals surface area contributed by atoms with Gasteiger partial charge in [-0.25, -0.2) is 0 Å². The molecule has 0 saturated carbocycles. The molecule has 1 aliphatic rings. The Bertz CT molecular complexity index is 521. The van der Waals surface area contributed by atoms with Crippen molar-refractivity contribution in [1.82, 2.24) is 0 Å². The van der Waals surface area contributed by atoms with Crippen molar-refractivity contribution >= 4 is 28.7 Å². The van der Waals surface area contributed by atoms with Crippen LogP contribution in [0, 0.1) is 26.1 Å². The summed E-state index contributed by atoms with van der Waals surface area (Å²) in [6.45, 7) is 3.25. The number of halogens is 1. The molecule has 108 valence electrons. The first-order chi connectivity index (χ1) is 9.40. The number of piperidine rings is 1. The maximum absolute atomic E-state index is 11.2. The van der Waals surface area contributed by atoms with Crippen LogP contribution in [0.4, 0.5) is 17.1 Å². The fraction of sp³-hybridized carbons (Fsp3) is 0.500. The van der Waals surface area contributed by atoms with E-state index in [0.717, 1.165) is 12.8 Å². The maximum Gasteiger partial charge on any atom is 0.301 e. The van der Waals surface area contributed by atoms with Crippen molar-refractivity contribution in [3.8, 4) is 0 Å². The molecule has 0 unspecified atom stereocenters. The van der Waals surface area contributed by atoms with Gasteiger partial charge >= 0.3 is 11.4 Å². The summed E-state index contributed by atoms with van der Waals surface area (Å²) in [5, 5.41) is 22.3. The molecule has 0 amide bonds. The summed E-state index contributed by atoms with van der Waals surface area (Å²) < 4.78 is 0. The Labute approximate surface area is 120 Å². The van der Waals surface area contributed by atoms with E-state index in [1.165, 1.54) is 12.1 Å². The molecule has 2 rings (SSSR count). The van der Waals surface area contributed by atoms with Gasteiger partial charge in [-0.05, 0) is 18.8 Å². The second kappa shape index (κ2) is 5.62. The molecule has 0 aromatic heterocycles. The molecule has 0 N–H and O–H groups in total. The molecular formula is C12H14ClN3O4. The van der Waals surface area contributed by atoms with Gasteiger partial charge in [0.05, 0.1) is 14.9 Å². The minimum Gasteiger partial charge on any atom is -0.360 e. The lowest BCUT2D eigenvalue weighted by atomic mass is 9.98. The van der Waals surface area contributed by atoms with Crippen molar-refractivity contribution in [3.63, 3.8) is 0 Å². The molecule has 0 bridgehead atoms. The third-order valence-electron chi connectivity index (χ3n) is 3.53. The van der Waals surface area contributed by atoms with Gasteiger partial charge in [0.15, 0.2) is 5.69 Å². The highest BCUT2D eigenvalue weighted by atomic mass is 35.5. The minimum absolute atomic E-state index is 0.00229. The summed E-state index contributed by atoms with van der Waals surface area (Å²) in [7, 11) is 0. The quantitative estimate of drug-likeness (QED) is 0.630. The number of hydrogen-bond donors (Lipinski definition) is 0. The Morgan fingerprint density at radius 3 is 2.00 bits per heavy atom. The SMILES string of the molecule is CC1CCN(c2c([N+](=O)[O-])cc(Cl)cc2[N+](=O)[O-])CC1. The number of nitrogens with zero attached hydrogens (tertiary/aromatic N) is 3. The summed E-state index contributed by atoms with van der Waals surface area (Å²) in [6.07, 6.45) is 1.72. The van der Waals surface area contributed by atoms with Crippen LogP contribution in [0.2, 0.25) is 5.02 Å². The van der Waals surface area contributed by atoms with Crippen LogP contribution in [0.3, 0.4) is 0 Å². The van der Waals surface area contributed by atoms with Crippen molar-refractivity contribution in [2.24, 2.45) is 5.92 Å². The highest BCUT2D eigenvalue weighted by molar-refractivity contribution is 6.31. The summed E-state index contributed by atoms with van der Waals surface area (Å²) in [6, 6.07) is 2.34. The number of nitro groups is 2. The second-order valence-electron chi connectivity index (χ2n) is 4.98. The molecule has 0 spiro atoms. The van der Waals surface area contributed by atoms with Crippen molar-refractivity contribution in [2.75, 3.05) is 18.0 Å². The van der Waals surface area contributed by atoms with Gasteiger partial charge in [0.25, 0.3) is 0 Å². The zero-order valence-corrected chi connectivity index (χ0v) is 11.7. The summed E-state index contributed by atoms with van der Waals surface area (Å²) in [5.74, 6) is 0.525. The predicted octanol–water partition coefficient (Wildman–Crippen LogP) is 3.39. The third-order valence-corrected chi connectivity index (χ3v) is 3.75. The van der Waals surface area contributed by atoms with Crippen LogP contribution >= 0.6 is 11.6 Å². The van der Waals surface area contributed by atoms with Crippen LogP contribution in [0.25, 0.3) is 0 Å². The van der Waals surface area contributed by atoms with Gasteiger partial charge < -0.3 is 4.90 Å². The van der Waals surface area contributed by atoms with Crippen LogP contribution in [0.1, 0.15) is 19.8 Å². The molecule has 1 fully saturated rings. The zero-order chi connectivity index (χ0) is 14.9. The molecular weight excluding hydrogens is 286 g/mol. The average Bonchev–Trinajstić information content (AvgIpc) is 2.38. The van der Waals surface area contributed by atoms with Gasteiger partial charge in [-0.3, -0.25) is 20.2 Å². The highest BCUT2D eigenvalue weighted by Gasteiger charge is 2.32. The first-order valence-corrected chi connectivity index (χ1v) is 6.65. The lowest BCUT2D eigenvalue weighted by Gasteiger charge is -2.31. The average molecular weight is 300 g/mol. The van der Waals surface area contributed by atoms with Gasteiger partial charge in [-0.2, -0.15) is 0 Å². The fourth-order valence-electron chi connectivity index (χ4n) is 2.41. The van der Waals surface area contributed by atoms with Crippen LogP contribution < -0.4 is 4.90 Å². The van der Waals surface area contributed by atoms with Crippen LogP contribution in [-0.2, 0) is 0 Å². The monoisotopic (exact) mass is 299 g/mol. The van der Waals surface area contributed by atoms with Crippen molar-refractivity contribution in [1.29, 1.82) is 0 Å². The molecule has 1 aromatic rings. The number of nitro benzene ring substituents is 2. The van der Waals surface area contributed by atoms with Crippen molar-refractivity contribution in [2.45, 2.75) is 19.8 Å².